The molecule has 2 aromatic carbocycles. The number of hydrogen-bond donors (Lipinski definition) is 7. The number of hydrogen-bond acceptors (Lipinski definition) is 13. The van der Waals surface area contributed by atoms with Crippen molar-refractivity contribution in [2.45, 2.75) is 63.6 Å². The van der Waals surface area contributed by atoms with E-state index in [-0.39, 0.29) is 94.3 Å². The Balaban J connectivity index is 0.00000253. The van der Waals surface area contributed by atoms with Gasteiger partial charge in [-0.15, -0.1) is 0 Å². The molecule has 237 valence electrons. The average Bonchev–Trinajstić information content (AvgIpc) is 3.60. The van der Waals surface area contributed by atoms with Crippen molar-refractivity contribution in [2.75, 3.05) is 34.0 Å². The minimum Gasteiger partial charge on any atom is -0.507 e. The molecule has 0 amide bonds. The zero-order valence-corrected chi connectivity index (χ0v) is 26.0. The fraction of sp³-hybridized carbons (Fsp3) is 0.586. The second kappa shape index (κ2) is 15.1. The summed E-state index contributed by atoms with van der Waals surface area (Å²) in [6.45, 7) is -0.627. The van der Waals surface area contributed by atoms with E-state index < -0.39 is 43.4 Å². The molecule has 0 aliphatic carbocycles. The van der Waals surface area contributed by atoms with Crippen LogP contribution >= 0.6 is 0 Å². The smallest absolute Gasteiger partial charge is 0.229 e. The first kappa shape index (κ1) is 35.9. The number of aromatic hydroxyl groups is 1. The first-order chi connectivity index (χ1) is 19.8. The first-order valence-electron chi connectivity index (χ1n) is 13.3. The summed E-state index contributed by atoms with van der Waals surface area (Å²) in [5.74, 6) is 0.296. The van der Waals surface area contributed by atoms with Crippen molar-refractivity contribution in [1.82, 2.24) is 0 Å². The van der Waals surface area contributed by atoms with Crippen LogP contribution in [0, 0.1) is 11.8 Å². The topological polar surface area (TPSA) is 197 Å². The van der Waals surface area contributed by atoms with Crippen LogP contribution in [0.2, 0.25) is 0 Å². The maximum absolute atomic E-state index is 10.4. The summed E-state index contributed by atoms with van der Waals surface area (Å²) >= 11 is 0. The molecule has 13 nitrogen and oxygen atoms in total. The van der Waals surface area contributed by atoms with E-state index in [9.17, 15) is 35.7 Å². The molecule has 3 heterocycles. The van der Waals surface area contributed by atoms with Crippen LogP contribution in [-0.2, 0) is 60.1 Å². The van der Waals surface area contributed by atoms with Crippen molar-refractivity contribution in [2.24, 2.45) is 11.8 Å². The molecule has 3 aliphatic rings. The third-order valence-corrected chi connectivity index (χ3v) is 8.12. The second-order valence-corrected chi connectivity index (χ2v) is 10.4. The molecule has 7 N–H and O–H groups in total. The van der Waals surface area contributed by atoms with Gasteiger partial charge in [-0.2, -0.15) is 0 Å². The van der Waals surface area contributed by atoms with Gasteiger partial charge in [0.05, 0.1) is 59.5 Å². The van der Waals surface area contributed by atoms with Gasteiger partial charge in [0, 0.05) is 55.7 Å². The van der Waals surface area contributed by atoms with Crippen LogP contribution in [0.25, 0.3) is 0 Å². The molecule has 3 saturated heterocycles. The van der Waals surface area contributed by atoms with Crippen molar-refractivity contribution in [1.29, 1.82) is 0 Å². The predicted octanol–water partition coefficient (Wildman–Crippen LogP) is 0.281. The molecule has 43 heavy (non-hydrogen) atoms. The Morgan fingerprint density at radius 3 is 1.70 bits per heavy atom. The van der Waals surface area contributed by atoms with Gasteiger partial charge >= 0.3 is 0 Å². The Morgan fingerprint density at radius 1 is 0.767 bits per heavy atom. The SMILES string of the molecule is C.COc1cc(C2OCC3C(c4cc(CO)c(O)c(CO)c4)OCC23)cc(OC)c1OC1O[C@H](CO)[C@@H](O)[C@H](O)[C@H]1O.[Y]. The van der Waals surface area contributed by atoms with Gasteiger partial charge in [0.1, 0.15) is 30.2 Å². The molecule has 0 aromatic heterocycles. The average molecular weight is 686 g/mol. The van der Waals surface area contributed by atoms with Gasteiger partial charge in [-0.05, 0) is 35.4 Å². The summed E-state index contributed by atoms with van der Waals surface area (Å²) in [7, 11) is 2.85. The van der Waals surface area contributed by atoms with E-state index in [1.807, 2.05) is 0 Å². The number of fused-ring (bicyclic) bond motifs is 1. The third kappa shape index (κ3) is 6.68. The Hall–Kier alpha value is -1.62. The van der Waals surface area contributed by atoms with Crippen LogP contribution < -0.4 is 14.2 Å². The van der Waals surface area contributed by atoms with E-state index in [1.165, 1.54) is 14.2 Å². The second-order valence-electron chi connectivity index (χ2n) is 10.4. The van der Waals surface area contributed by atoms with E-state index in [0.717, 1.165) is 11.1 Å². The molecule has 14 heteroatoms. The maximum atomic E-state index is 10.4. The molecule has 5 unspecified atom stereocenters. The Kier molecular flexibility index (Phi) is 12.6. The van der Waals surface area contributed by atoms with Crippen LogP contribution in [0.3, 0.4) is 0 Å². The summed E-state index contributed by atoms with van der Waals surface area (Å²) in [5, 5.41) is 69.8. The van der Waals surface area contributed by atoms with E-state index >= 15 is 0 Å². The molecule has 1 radical (unpaired) electrons. The normalized spacial score (nSPS) is 31.5. The summed E-state index contributed by atoms with van der Waals surface area (Å²) in [6.07, 6.45) is -8.13. The molecule has 3 fully saturated rings. The van der Waals surface area contributed by atoms with Crippen LogP contribution in [-0.4, -0.2) is 100 Å². The standard InChI is InChI=1S/C28H36O13.CH4.Y/c1-36-18-5-13(6-19(37-2)27(18)41-28-24(35)23(34)22(33)20(9-31)40-28)26-17-11-38-25(16(17)10-39-26)12-3-14(7-29)21(32)15(4-12)8-30;;/h3-6,16-17,20,22-26,28-35H,7-11H2,1-2H3;1H4;/t16?,17?,20-,22-,23+,24-,25?,26?,28?;;/m1../s1. The first-order valence-corrected chi connectivity index (χ1v) is 13.3. The largest absolute Gasteiger partial charge is 0.507 e. The number of aliphatic hydroxyl groups is 6. The van der Waals surface area contributed by atoms with Crippen LogP contribution in [0.5, 0.6) is 23.0 Å². The molecule has 0 bridgehead atoms. The van der Waals surface area contributed by atoms with Crippen LogP contribution in [0.4, 0.5) is 0 Å². The number of ether oxygens (including phenoxy) is 6. The number of phenols is 1. The van der Waals surface area contributed by atoms with Gasteiger partial charge in [0.25, 0.3) is 0 Å². The Morgan fingerprint density at radius 2 is 1.26 bits per heavy atom. The van der Waals surface area contributed by atoms with Gasteiger partial charge in [-0.1, -0.05) is 7.43 Å². The fourth-order valence-corrected chi connectivity index (χ4v) is 5.89. The minimum absolute atomic E-state index is 0. The molecule has 3 aliphatic heterocycles. The molecular formula is C29H40O13Y. The van der Waals surface area contributed by atoms with Crippen LogP contribution in [0.15, 0.2) is 24.3 Å². The zero-order chi connectivity index (χ0) is 29.4. The summed E-state index contributed by atoms with van der Waals surface area (Å²) < 4.78 is 34.9. The molecule has 2 aromatic rings. The van der Waals surface area contributed by atoms with Gasteiger partial charge in [-0.3, -0.25) is 0 Å². The van der Waals surface area contributed by atoms with Crippen molar-refractivity contribution in [3.8, 4) is 23.0 Å². The molecule has 0 spiro atoms. The minimum atomic E-state index is -1.62. The van der Waals surface area contributed by atoms with Crippen molar-refractivity contribution >= 4 is 0 Å². The molecule has 9 atom stereocenters. The summed E-state index contributed by atoms with van der Waals surface area (Å²) in [6, 6.07) is 6.76. The molecule has 5 rings (SSSR count). The van der Waals surface area contributed by atoms with Gasteiger partial charge in [-0.25, -0.2) is 0 Å². The fourth-order valence-electron chi connectivity index (χ4n) is 5.89. The van der Waals surface area contributed by atoms with Crippen LogP contribution in [0.1, 0.15) is 41.9 Å². The monoisotopic (exact) mass is 685 g/mol. The number of benzene rings is 2. The van der Waals surface area contributed by atoms with Crippen molar-refractivity contribution in [3.63, 3.8) is 0 Å². The van der Waals surface area contributed by atoms with E-state index in [0.29, 0.717) is 24.3 Å². The number of aliphatic hydroxyl groups excluding tert-OH is 6. The molecule has 0 saturated carbocycles. The van der Waals surface area contributed by atoms with E-state index in [4.69, 9.17) is 28.4 Å². The number of methoxy groups -OCH3 is 2. The maximum Gasteiger partial charge on any atom is 0.229 e. The Bertz CT molecular complexity index is 1180. The van der Waals surface area contributed by atoms with Gasteiger partial charge in [0.15, 0.2) is 11.5 Å². The van der Waals surface area contributed by atoms with Gasteiger partial charge in [0.2, 0.25) is 12.0 Å². The Labute approximate surface area is 274 Å². The van der Waals surface area contributed by atoms with E-state index in [1.54, 1.807) is 24.3 Å². The molecular weight excluding hydrogens is 645 g/mol. The van der Waals surface area contributed by atoms with Gasteiger partial charge < -0.3 is 64.2 Å². The van der Waals surface area contributed by atoms with E-state index in [2.05, 4.69) is 0 Å². The summed E-state index contributed by atoms with van der Waals surface area (Å²) in [4.78, 5) is 0. The predicted molar refractivity (Wildman–Crippen MR) is 145 cm³/mol. The van der Waals surface area contributed by atoms with Crippen molar-refractivity contribution < 1.29 is 96.9 Å². The zero-order valence-electron chi connectivity index (χ0n) is 23.2. The summed E-state index contributed by atoms with van der Waals surface area (Å²) in [5.41, 5.74) is 2.05. The van der Waals surface area contributed by atoms with Crippen molar-refractivity contribution in [3.05, 3.63) is 46.5 Å². The third-order valence-electron chi connectivity index (χ3n) is 8.12. The quantitative estimate of drug-likeness (QED) is 0.190. The number of rotatable bonds is 9.